The van der Waals surface area contributed by atoms with Crippen LogP contribution in [-0.4, -0.2) is 5.48 Å². The van der Waals surface area contributed by atoms with Crippen LogP contribution < -0.4 is 96.4 Å². The summed E-state index contributed by atoms with van der Waals surface area (Å²) in [5.41, 5.74) is 0. The predicted octanol–water partition coefficient (Wildman–Crippen LogP) is -4.28. The minimum atomic E-state index is -6.56. The van der Waals surface area contributed by atoms with Crippen molar-refractivity contribution in [2.45, 2.75) is 0 Å². The number of hydrogen-bond acceptors (Lipinski definition) is 18. The molecule has 1 fully saturated rings. The molecule has 216 valence electrons. The molecule has 1 rings (SSSR count). The first-order valence-corrected chi connectivity index (χ1v) is 13.1. The van der Waals surface area contributed by atoms with Gasteiger partial charge in [0.1, 0.15) is 0 Å². The summed E-state index contributed by atoms with van der Waals surface area (Å²) < 4.78 is 83.4. The lowest BCUT2D eigenvalue weighted by molar-refractivity contribution is -0.261. The smallest absolute Gasteiger partial charge is 0.280 e. The highest BCUT2D eigenvalue weighted by Crippen LogP contribution is 2.74. The third-order valence-corrected chi connectivity index (χ3v) is 10.8. The van der Waals surface area contributed by atoms with Gasteiger partial charge in [-0.05, 0) is 0 Å². The Kier molecular flexibility index (Phi) is 33.4. The van der Waals surface area contributed by atoms with Crippen LogP contribution in [0.3, 0.4) is 0 Å². The Morgan fingerprint density at radius 3 is 0.455 bits per heavy atom. The van der Waals surface area contributed by atoms with E-state index in [1.165, 1.54) is 0 Å². The van der Waals surface area contributed by atoms with Crippen LogP contribution in [-0.2, 0) is 53.3 Å². The quantitative estimate of drug-likeness (QED) is 0.0911. The van der Waals surface area contributed by atoms with Gasteiger partial charge in [0.15, 0.2) is 0 Å². The predicted molar refractivity (Wildman–Crippen MR) is 97.7 cm³/mol. The third kappa shape index (κ3) is 23.5. The largest absolute Gasteiger partial charge is 1.00 e. The Morgan fingerprint density at radius 1 is 0.333 bits per heavy atom. The van der Waals surface area contributed by atoms with Crippen molar-refractivity contribution in [1.29, 1.82) is 0 Å². The summed E-state index contributed by atoms with van der Waals surface area (Å²) in [4.78, 5) is 65.8. The summed E-state index contributed by atoms with van der Waals surface area (Å²) in [5, 5.41) is 0. The standard InChI is InChI=1S/HI.7H3N.H6O18P6.H2O/c;;;;;;;;1-19(2)13-20(3,4)15-22(7,8)17-24(11,12)18-23(9,10)16-21(5,6)14-19;/h1H;7*1H3;(H,1,2)(H,3,4)(H,5,6)(H,7,8)(H,9,10)(H,11,12);1H2. The van der Waals surface area contributed by atoms with Crippen LogP contribution in [0.4, 0.5) is 0 Å². The molecule has 26 nitrogen and oxygen atoms in total. The van der Waals surface area contributed by atoms with Gasteiger partial charge in [-0.25, -0.2) is 25.9 Å². The number of hydrogen-bond donors (Lipinski definition) is 7. The molecule has 0 atom stereocenters. The second kappa shape index (κ2) is 18.5. The monoisotopic (exact) mass is 745 g/mol. The molecule has 0 aromatic carbocycles. The van der Waals surface area contributed by atoms with Gasteiger partial charge in [-0.2, -0.15) is 0 Å². The topological polar surface area (TPSA) is 583 Å². The van der Waals surface area contributed by atoms with Gasteiger partial charge in [-0.15, -0.1) is 0 Å². The van der Waals surface area contributed by atoms with Crippen LogP contribution in [0.15, 0.2) is 0 Å². The van der Waals surface area contributed by atoms with Crippen molar-refractivity contribution in [3.05, 3.63) is 0 Å². The van der Waals surface area contributed by atoms with Crippen LogP contribution in [0.1, 0.15) is 0 Å². The summed E-state index contributed by atoms with van der Waals surface area (Å²) in [6, 6.07) is 0. The van der Waals surface area contributed by atoms with Crippen molar-refractivity contribution in [2.75, 3.05) is 0 Å². The first-order chi connectivity index (χ1) is 10.2. The van der Waals surface area contributed by atoms with E-state index in [-0.39, 0.29) is 72.5 Å². The molecule has 1 heterocycles. The van der Waals surface area contributed by atoms with Gasteiger partial charge in [-0.3, -0.25) is 27.4 Å². The average molecular weight is 745 g/mol. The van der Waals surface area contributed by atoms with Crippen molar-refractivity contribution in [3.63, 3.8) is 0 Å². The van der Waals surface area contributed by atoms with Crippen LogP contribution >= 0.6 is 46.9 Å². The molecule has 1 aliphatic rings. The zero-order valence-electron chi connectivity index (χ0n) is 17.9. The SMILES string of the molecule is O.O=P1([O-])OP(=O)([O-])OP(=O)([O-])OP(=O)([O-])OP(=O)([O-])OP(=O)([O-])O1.[I-].[NH4+].[NH4+].[NH4+].[NH4+].[NH4+].[NH4+].[NH4+]. The Hall–Kier alpha value is 1.31. The molecule has 0 aromatic rings. The van der Waals surface area contributed by atoms with Crippen molar-refractivity contribution in [3.8, 4) is 0 Å². The molecular formula is H30IN7O19P6. The highest BCUT2D eigenvalue weighted by molar-refractivity contribution is 7.73. The van der Waals surface area contributed by atoms with Crippen LogP contribution in [0.2, 0.25) is 0 Å². The summed E-state index contributed by atoms with van der Waals surface area (Å²) in [6.45, 7) is 0. The van der Waals surface area contributed by atoms with E-state index < -0.39 is 46.9 Å². The zero-order valence-corrected chi connectivity index (χ0v) is 25.4. The maximum atomic E-state index is 11.0. The minimum absolute atomic E-state index is 0. The van der Waals surface area contributed by atoms with Crippen molar-refractivity contribution >= 4 is 46.9 Å². The van der Waals surface area contributed by atoms with Gasteiger partial charge >= 0.3 is 0 Å². The van der Waals surface area contributed by atoms with Gasteiger partial charge in [0.05, 0.1) is 0 Å². The zero-order chi connectivity index (χ0) is 19.2. The molecule has 0 amide bonds. The van der Waals surface area contributed by atoms with Gasteiger partial charge in [0.25, 0.3) is 46.9 Å². The molecular weight excluding hydrogens is 715 g/mol. The number of phosphoric acid groups is 6. The first kappa shape index (κ1) is 59.4. The van der Waals surface area contributed by atoms with Gasteiger partial charge in [0.2, 0.25) is 0 Å². The normalized spacial score (nSPS) is 40.2. The van der Waals surface area contributed by atoms with E-state index in [0.717, 1.165) is 0 Å². The van der Waals surface area contributed by atoms with Crippen molar-refractivity contribution in [2.24, 2.45) is 0 Å². The summed E-state index contributed by atoms with van der Waals surface area (Å²) in [6.07, 6.45) is 0. The van der Waals surface area contributed by atoms with E-state index in [9.17, 15) is 56.8 Å². The Bertz CT molecular complexity index is 606. The second-order valence-electron chi connectivity index (χ2n) is 3.17. The maximum absolute atomic E-state index is 11.0. The molecule has 33 heteroatoms. The van der Waals surface area contributed by atoms with Crippen LogP contribution in [0.25, 0.3) is 0 Å². The molecule has 0 unspecified atom stereocenters. The van der Waals surface area contributed by atoms with Gasteiger partial charge in [-0.1, -0.05) is 0 Å². The molecule has 0 saturated carbocycles. The number of quaternary nitrogens is 7. The summed E-state index contributed by atoms with van der Waals surface area (Å²) in [7, 11) is -39.3. The third-order valence-electron chi connectivity index (χ3n) is 1.20. The van der Waals surface area contributed by atoms with E-state index in [0.29, 0.717) is 0 Å². The molecule has 1 aliphatic heterocycles. The average Bonchev–Trinajstić information content (AvgIpc) is 1.98. The van der Waals surface area contributed by atoms with Crippen LogP contribution in [0.5, 0.6) is 0 Å². The summed E-state index contributed by atoms with van der Waals surface area (Å²) in [5.74, 6) is 0. The molecule has 0 aliphatic carbocycles. The minimum Gasteiger partial charge on any atom is -1.00 e. The molecule has 0 bridgehead atoms. The fraction of sp³-hybridized carbons (Fsp3) is 0. The lowest BCUT2D eigenvalue weighted by Crippen LogP contribution is -3.00. The van der Waals surface area contributed by atoms with Crippen LogP contribution in [0, 0.1) is 0 Å². The van der Waals surface area contributed by atoms with E-state index in [1.807, 2.05) is 0 Å². The van der Waals surface area contributed by atoms with E-state index in [4.69, 9.17) is 0 Å². The van der Waals surface area contributed by atoms with Gasteiger partial charge < -0.3 is 102 Å². The van der Waals surface area contributed by atoms with E-state index in [1.54, 1.807) is 0 Å². The fourth-order valence-electron chi connectivity index (χ4n) is 0.824. The lowest BCUT2D eigenvalue weighted by Gasteiger charge is -2.41. The second-order valence-corrected chi connectivity index (χ2v) is 12.5. The van der Waals surface area contributed by atoms with Crippen molar-refractivity contribution in [1.82, 2.24) is 43.1 Å². The Morgan fingerprint density at radius 2 is 0.394 bits per heavy atom. The first-order valence-electron chi connectivity index (χ1n) is 4.38. The highest BCUT2D eigenvalue weighted by Gasteiger charge is 2.36. The molecule has 0 aromatic heterocycles. The Balaban J connectivity index is -0.0000000914. The molecule has 0 radical (unpaired) electrons. The highest BCUT2D eigenvalue weighted by atomic mass is 127. The Labute approximate surface area is 202 Å². The fourth-order valence-corrected chi connectivity index (χ4v) is 9.03. The summed E-state index contributed by atoms with van der Waals surface area (Å²) >= 11 is 0. The maximum Gasteiger partial charge on any atom is 0.280 e. The molecule has 0 spiro atoms. The van der Waals surface area contributed by atoms with E-state index in [2.05, 4.69) is 25.9 Å². The van der Waals surface area contributed by atoms with E-state index >= 15 is 0 Å². The van der Waals surface area contributed by atoms with Crippen molar-refractivity contribution < 1.29 is 112 Å². The number of halogens is 1. The molecule has 33 heavy (non-hydrogen) atoms. The van der Waals surface area contributed by atoms with Gasteiger partial charge in [0, 0.05) is 0 Å². The lowest BCUT2D eigenvalue weighted by atomic mass is 14.0. The molecule has 1 saturated heterocycles. The number of rotatable bonds is 0. The molecule has 30 N–H and O–H groups in total.